The van der Waals surface area contributed by atoms with Crippen molar-refractivity contribution in [3.63, 3.8) is 0 Å². The topological polar surface area (TPSA) is 78.4 Å². The third kappa shape index (κ3) is 8.55. The average Bonchev–Trinajstić information content (AvgIpc) is 3.28. The summed E-state index contributed by atoms with van der Waals surface area (Å²) in [6.07, 6.45) is -0.0778. The molecule has 38 heavy (non-hydrogen) atoms. The van der Waals surface area contributed by atoms with Crippen molar-refractivity contribution in [2.45, 2.75) is 66.2 Å². The molecule has 2 aromatic carbocycles. The predicted molar refractivity (Wildman–Crippen MR) is 148 cm³/mol. The summed E-state index contributed by atoms with van der Waals surface area (Å²) in [4.78, 5) is 24.8. The molecule has 1 heterocycles. The van der Waals surface area contributed by atoms with Crippen LogP contribution in [0.5, 0.6) is 0 Å². The van der Waals surface area contributed by atoms with E-state index in [2.05, 4.69) is 43.5 Å². The molecule has 0 fully saturated rings. The first-order chi connectivity index (χ1) is 17.8. The van der Waals surface area contributed by atoms with E-state index in [1.807, 2.05) is 17.5 Å². The van der Waals surface area contributed by atoms with Crippen molar-refractivity contribution in [3.8, 4) is 10.4 Å². The standard InChI is InChI=1S/C30H36F2N2O3S/c1-18(35)26-8-9-38-29(26)21-6-7-22(15-30(3,4)5)23(13-21)16-33-17-28(37)27(34-19(2)36)12-20-10-24(31)14-25(32)11-20/h6-11,13-14,27-28,33,37H,12,15-17H2,1-5H3,(H,34,36). The van der Waals surface area contributed by atoms with Gasteiger partial charge in [-0.15, -0.1) is 11.3 Å². The van der Waals surface area contributed by atoms with Crippen LogP contribution >= 0.6 is 11.3 Å². The number of benzene rings is 2. The average molecular weight is 543 g/mol. The number of amides is 1. The lowest BCUT2D eigenvalue weighted by Crippen LogP contribution is -2.48. The molecular weight excluding hydrogens is 506 g/mol. The molecule has 0 aliphatic heterocycles. The third-order valence-corrected chi connectivity index (χ3v) is 7.10. The van der Waals surface area contributed by atoms with Gasteiger partial charge < -0.3 is 15.7 Å². The lowest BCUT2D eigenvalue weighted by Gasteiger charge is -2.25. The van der Waals surface area contributed by atoms with Crippen molar-refractivity contribution in [3.05, 3.63) is 81.7 Å². The number of aliphatic hydroxyl groups is 1. The fourth-order valence-electron chi connectivity index (χ4n) is 4.51. The second-order valence-corrected chi connectivity index (χ2v) is 11.8. The minimum Gasteiger partial charge on any atom is -0.390 e. The first-order valence-electron chi connectivity index (χ1n) is 12.6. The molecular formula is C30H36F2N2O3S. The molecule has 0 bridgehead atoms. The highest BCUT2D eigenvalue weighted by Gasteiger charge is 2.22. The van der Waals surface area contributed by atoms with E-state index in [4.69, 9.17) is 0 Å². The van der Waals surface area contributed by atoms with E-state index in [1.165, 1.54) is 30.4 Å². The monoisotopic (exact) mass is 542 g/mol. The van der Waals surface area contributed by atoms with Crippen LogP contribution in [-0.4, -0.2) is 35.5 Å². The number of carbonyl (C=O) groups is 2. The number of carbonyl (C=O) groups excluding carboxylic acids is 2. The molecule has 3 aromatic rings. The highest BCUT2D eigenvalue weighted by molar-refractivity contribution is 7.14. The van der Waals surface area contributed by atoms with Gasteiger partial charge in [-0.25, -0.2) is 8.78 Å². The summed E-state index contributed by atoms with van der Waals surface area (Å²) >= 11 is 1.53. The van der Waals surface area contributed by atoms with Crippen LogP contribution in [0.1, 0.15) is 61.7 Å². The molecule has 5 nitrogen and oxygen atoms in total. The molecule has 0 saturated carbocycles. The van der Waals surface area contributed by atoms with Gasteiger partial charge in [0, 0.05) is 36.5 Å². The van der Waals surface area contributed by atoms with Gasteiger partial charge in [0.15, 0.2) is 5.78 Å². The first kappa shape index (κ1) is 29.6. The minimum absolute atomic E-state index is 0.0185. The quantitative estimate of drug-likeness (QED) is 0.272. The number of aliphatic hydroxyl groups excluding tert-OH is 1. The predicted octanol–water partition coefficient (Wildman–Crippen LogP) is 5.68. The molecule has 3 N–H and O–H groups in total. The van der Waals surface area contributed by atoms with E-state index >= 15 is 0 Å². The summed E-state index contributed by atoms with van der Waals surface area (Å²) in [5.41, 5.74) is 4.27. The number of halogens is 2. The van der Waals surface area contributed by atoms with Crippen molar-refractivity contribution < 1.29 is 23.5 Å². The molecule has 8 heteroatoms. The van der Waals surface area contributed by atoms with Gasteiger partial charge in [0.25, 0.3) is 0 Å². The van der Waals surface area contributed by atoms with Gasteiger partial charge in [0.2, 0.25) is 5.91 Å². The van der Waals surface area contributed by atoms with Gasteiger partial charge in [-0.3, -0.25) is 9.59 Å². The van der Waals surface area contributed by atoms with Crippen LogP contribution in [0.3, 0.4) is 0 Å². The molecule has 1 aromatic heterocycles. The van der Waals surface area contributed by atoms with Crippen molar-refractivity contribution in [2.75, 3.05) is 6.54 Å². The number of hydrogen-bond donors (Lipinski definition) is 3. The van der Waals surface area contributed by atoms with Crippen molar-refractivity contribution in [1.82, 2.24) is 10.6 Å². The zero-order valence-corrected chi connectivity index (χ0v) is 23.3. The SMILES string of the molecule is CC(=O)NC(Cc1cc(F)cc(F)c1)C(O)CNCc1cc(-c2sccc2C(C)=O)ccc1CC(C)(C)C. The Kier molecular flexibility index (Phi) is 9.93. The Morgan fingerprint density at radius 3 is 2.29 bits per heavy atom. The van der Waals surface area contributed by atoms with Crippen LogP contribution in [0.2, 0.25) is 0 Å². The number of ketones is 1. The van der Waals surface area contributed by atoms with E-state index in [-0.39, 0.29) is 30.1 Å². The van der Waals surface area contributed by atoms with E-state index in [0.29, 0.717) is 17.7 Å². The summed E-state index contributed by atoms with van der Waals surface area (Å²) < 4.78 is 27.3. The zero-order chi connectivity index (χ0) is 28.0. The van der Waals surface area contributed by atoms with Gasteiger partial charge in [-0.1, -0.05) is 32.9 Å². The maximum absolute atomic E-state index is 13.7. The summed E-state index contributed by atoms with van der Waals surface area (Å²) in [5, 5.41) is 18.8. The maximum atomic E-state index is 13.7. The first-order valence-corrected chi connectivity index (χ1v) is 13.5. The van der Waals surface area contributed by atoms with E-state index < -0.39 is 23.8 Å². The second-order valence-electron chi connectivity index (χ2n) is 10.9. The Morgan fingerprint density at radius 1 is 1.00 bits per heavy atom. The summed E-state index contributed by atoms with van der Waals surface area (Å²) in [6.45, 7) is 10.0. The van der Waals surface area contributed by atoms with Crippen molar-refractivity contribution in [1.29, 1.82) is 0 Å². The number of nitrogens with one attached hydrogen (secondary N) is 2. The van der Waals surface area contributed by atoms with E-state index in [0.717, 1.165) is 34.1 Å². The second kappa shape index (κ2) is 12.7. The summed E-state index contributed by atoms with van der Waals surface area (Å²) in [6, 6.07) is 10.5. The zero-order valence-electron chi connectivity index (χ0n) is 22.5. The fourth-order valence-corrected chi connectivity index (χ4v) is 5.45. The molecule has 204 valence electrons. The summed E-state index contributed by atoms with van der Waals surface area (Å²) in [5.74, 6) is -1.74. The molecule has 0 aliphatic rings. The Hall–Kier alpha value is -2.94. The van der Waals surface area contributed by atoms with Crippen molar-refractivity contribution in [2.24, 2.45) is 5.41 Å². The lowest BCUT2D eigenvalue weighted by atomic mass is 9.85. The van der Waals surface area contributed by atoms with E-state index in [9.17, 15) is 23.5 Å². The van der Waals surface area contributed by atoms with Crippen LogP contribution in [0.25, 0.3) is 10.4 Å². The van der Waals surface area contributed by atoms with Crippen LogP contribution < -0.4 is 10.6 Å². The molecule has 2 unspecified atom stereocenters. The Labute approximate surface area is 227 Å². The highest BCUT2D eigenvalue weighted by atomic mass is 32.1. The Balaban J connectivity index is 1.78. The smallest absolute Gasteiger partial charge is 0.217 e. The van der Waals surface area contributed by atoms with Gasteiger partial charge in [-0.05, 0) is 77.1 Å². The van der Waals surface area contributed by atoms with E-state index in [1.54, 1.807) is 6.92 Å². The van der Waals surface area contributed by atoms with Gasteiger partial charge in [0.05, 0.1) is 12.1 Å². The van der Waals surface area contributed by atoms with Crippen LogP contribution in [0.15, 0.2) is 47.8 Å². The van der Waals surface area contributed by atoms with Crippen LogP contribution in [0.4, 0.5) is 8.78 Å². The van der Waals surface area contributed by atoms with Crippen LogP contribution in [-0.2, 0) is 24.2 Å². The minimum atomic E-state index is -0.999. The lowest BCUT2D eigenvalue weighted by molar-refractivity contribution is -0.120. The highest BCUT2D eigenvalue weighted by Crippen LogP contribution is 2.33. The van der Waals surface area contributed by atoms with Gasteiger partial charge in [0.1, 0.15) is 11.6 Å². The molecule has 0 radical (unpaired) electrons. The molecule has 0 aliphatic carbocycles. The molecule has 0 spiro atoms. The number of thiophene rings is 1. The molecule has 0 saturated heterocycles. The fraction of sp³-hybridized carbons (Fsp3) is 0.400. The number of rotatable bonds is 11. The largest absolute Gasteiger partial charge is 0.390 e. The molecule has 3 rings (SSSR count). The van der Waals surface area contributed by atoms with Crippen molar-refractivity contribution >= 4 is 23.0 Å². The molecule has 2 atom stereocenters. The van der Waals surface area contributed by atoms with Crippen LogP contribution in [0, 0.1) is 17.0 Å². The normalized spacial score (nSPS) is 13.3. The third-order valence-electron chi connectivity index (χ3n) is 6.13. The number of Topliss-reactive ketones (excluding diaryl/α,β-unsaturated/α-hetero) is 1. The van der Waals surface area contributed by atoms with Gasteiger partial charge >= 0.3 is 0 Å². The maximum Gasteiger partial charge on any atom is 0.217 e. The number of hydrogen-bond acceptors (Lipinski definition) is 5. The summed E-state index contributed by atoms with van der Waals surface area (Å²) in [7, 11) is 0. The molecule has 1 amide bonds. The Morgan fingerprint density at radius 2 is 1.68 bits per heavy atom. The Bertz CT molecular complexity index is 1260. The van der Waals surface area contributed by atoms with Gasteiger partial charge in [-0.2, -0.15) is 0 Å².